The molecule has 0 saturated carbocycles. The lowest BCUT2D eigenvalue weighted by Crippen LogP contribution is -1.89. The molecule has 0 atom stereocenters. The van der Waals surface area contributed by atoms with Crippen LogP contribution in [0.3, 0.4) is 0 Å². The molecule has 1 heterocycles. The van der Waals surface area contributed by atoms with Crippen LogP contribution in [-0.2, 0) is 0 Å². The molecule has 2 rings (SSSR count). The van der Waals surface area contributed by atoms with Crippen molar-refractivity contribution in [1.29, 1.82) is 0 Å². The Morgan fingerprint density at radius 1 is 1.00 bits per heavy atom. The fourth-order valence-corrected chi connectivity index (χ4v) is 1.70. The predicted molar refractivity (Wildman–Crippen MR) is 61.7 cm³/mol. The summed E-state index contributed by atoms with van der Waals surface area (Å²) >= 11 is 1.43. The van der Waals surface area contributed by atoms with E-state index < -0.39 is 0 Å². The van der Waals surface area contributed by atoms with Crippen LogP contribution in [0, 0.1) is 0 Å². The number of rotatable bonds is 4. The minimum Gasteiger partial charge on any atom is -0.496 e. The Labute approximate surface area is 97.4 Å². The van der Waals surface area contributed by atoms with E-state index in [0.29, 0.717) is 17.2 Å². The van der Waals surface area contributed by atoms with Gasteiger partial charge in [0.05, 0.1) is 25.9 Å². The number of benzene rings is 1. The van der Waals surface area contributed by atoms with E-state index in [-0.39, 0.29) is 0 Å². The van der Waals surface area contributed by atoms with Crippen molar-refractivity contribution in [3.05, 3.63) is 29.9 Å². The van der Waals surface area contributed by atoms with Gasteiger partial charge >= 0.3 is 0 Å². The van der Waals surface area contributed by atoms with Gasteiger partial charge in [0.1, 0.15) is 17.2 Å². The van der Waals surface area contributed by atoms with E-state index in [1.807, 2.05) is 0 Å². The van der Waals surface area contributed by atoms with E-state index >= 15 is 0 Å². The smallest absolute Gasteiger partial charge is 0.200 e. The maximum absolute atomic E-state index is 5.60. The van der Waals surface area contributed by atoms with Gasteiger partial charge in [-0.25, -0.2) is 4.98 Å². The topological polar surface area (TPSA) is 40.6 Å². The highest BCUT2D eigenvalue weighted by Gasteiger charge is 2.04. The Bertz CT molecular complexity index is 434. The summed E-state index contributed by atoms with van der Waals surface area (Å²) in [6, 6.07) is 5.38. The molecule has 0 aliphatic rings. The normalized spacial score (nSPS) is 9.88. The first-order valence-corrected chi connectivity index (χ1v) is 5.49. The second-order valence-corrected chi connectivity index (χ2v) is 3.82. The van der Waals surface area contributed by atoms with Crippen molar-refractivity contribution >= 4 is 11.3 Å². The van der Waals surface area contributed by atoms with Gasteiger partial charge in [-0.15, -0.1) is 0 Å². The van der Waals surface area contributed by atoms with Gasteiger partial charge in [-0.05, 0) is 0 Å². The van der Waals surface area contributed by atoms with E-state index in [1.165, 1.54) is 11.3 Å². The second-order valence-electron chi connectivity index (χ2n) is 2.97. The van der Waals surface area contributed by atoms with Crippen LogP contribution in [0.15, 0.2) is 29.9 Å². The molecule has 0 saturated heterocycles. The Morgan fingerprint density at radius 2 is 1.62 bits per heavy atom. The van der Waals surface area contributed by atoms with Gasteiger partial charge in [-0.2, -0.15) is 0 Å². The number of thiazole rings is 1. The van der Waals surface area contributed by atoms with Gasteiger partial charge in [0, 0.05) is 18.2 Å². The number of methoxy groups -OCH3 is 2. The molecule has 0 N–H and O–H groups in total. The van der Waals surface area contributed by atoms with E-state index in [0.717, 1.165) is 5.06 Å². The number of hydrogen-bond acceptors (Lipinski definition) is 5. The summed E-state index contributed by atoms with van der Waals surface area (Å²) in [6.07, 6.45) is 1.66. The fraction of sp³-hybridized carbons (Fsp3) is 0.182. The van der Waals surface area contributed by atoms with E-state index in [1.54, 1.807) is 44.1 Å². The summed E-state index contributed by atoms with van der Waals surface area (Å²) in [5, 5.41) is 0.732. The fourth-order valence-electron chi connectivity index (χ4n) is 1.21. The van der Waals surface area contributed by atoms with Crippen molar-refractivity contribution in [2.75, 3.05) is 14.2 Å². The summed E-state index contributed by atoms with van der Waals surface area (Å²) in [6.45, 7) is 0. The monoisotopic (exact) mass is 237 g/mol. The molecular formula is C11H11NO3S. The van der Waals surface area contributed by atoms with Gasteiger partial charge in [-0.3, -0.25) is 0 Å². The highest BCUT2D eigenvalue weighted by molar-refractivity contribution is 7.11. The molecule has 0 radical (unpaired) electrons. The highest BCUT2D eigenvalue weighted by Crippen LogP contribution is 2.31. The third-order valence-corrected chi connectivity index (χ3v) is 2.60. The van der Waals surface area contributed by atoms with Crippen LogP contribution in [0.5, 0.6) is 22.3 Å². The average molecular weight is 237 g/mol. The standard InChI is InChI=1S/C11H11NO3S/c1-13-8-3-9(14-2)5-10(4-8)15-11-6-12-7-16-11/h3-7H,1-2H3. The third kappa shape index (κ3) is 2.43. The molecule has 0 aliphatic carbocycles. The highest BCUT2D eigenvalue weighted by atomic mass is 32.1. The van der Waals surface area contributed by atoms with Crippen LogP contribution in [0.25, 0.3) is 0 Å². The number of hydrogen-bond donors (Lipinski definition) is 0. The van der Waals surface area contributed by atoms with Crippen LogP contribution in [0.1, 0.15) is 0 Å². The zero-order valence-corrected chi connectivity index (χ0v) is 9.78. The van der Waals surface area contributed by atoms with E-state index in [4.69, 9.17) is 14.2 Å². The maximum Gasteiger partial charge on any atom is 0.200 e. The molecule has 0 fully saturated rings. The first-order valence-electron chi connectivity index (χ1n) is 4.61. The quantitative estimate of drug-likeness (QED) is 0.819. The molecule has 0 spiro atoms. The molecule has 0 amide bonds. The van der Waals surface area contributed by atoms with Crippen LogP contribution in [-0.4, -0.2) is 19.2 Å². The molecule has 4 nitrogen and oxygen atoms in total. The van der Waals surface area contributed by atoms with E-state index in [9.17, 15) is 0 Å². The minimum absolute atomic E-state index is 0.667. The van der Waals surface area contributed by atoms with Gasteiger partial charge in [-0.1, -0.05) is 11.3 Å². The SMILES string of the molecule is COc1cc(OC)cc(Oc2cncs2)c1. The maximum atomic E-state index is 5.60. The second kappa shape index (κ2) is 4.85. The summed E-state index contributed by atoms with van der Waals surface area (Å²) < 4.78 is 15.9. The average Bonchev–Trinajstić information content (AvgIpc) is 2.81. The van der Waals surface area contributed by atoms with Gasteiger partial charge in [0.2, 0.25) is 5.06 Å². The largest absolute Gasteiger partial charge is 0.496 e. The molecule has 1 aromatic carbocycles. The first kappa shape index (κ1) is 10.8. The van der Waals surface area contributed by atoms with Crippen molar-refractivity contribution in [2.45, 2.75) is 0 Å². The van der Waals surface area contributed by atoms with Crippen molar-refractivity contribution in [2.24, 2.45) is 0 Å². The lowest BCUT2D eigenvalue weighted by molar-refractivity contribution is 0.387. The van der Waals surface area contributed by atoms with Crippen molar-refractivity contribution in [3.63, 3.8) is 0 Å². The zero-order chi connectivity index (χ0) is 11.4. The van der Waals surface area contributed by atoms with Crippen LogP contribution >= 0.6 is 11.3 Å². The number of ether oxygens (including phenoxy) is 3. The van der Waals surface area contributed by atoms with E-state index in [2.05, 4.69) is 4.98 Å². The number of aromatic nitrogens is 1. The Kier molecular flexibility index (Phi) is 3.26. The predicted octanol–water partition coefficient (Wildman–Crippen LogP) is 2.95. The summed E-state index contributed by atoms with van der Waals surface area (Å²) in [7, 11) is 3.20. The zero-order valence-electron chi connectivity index (χ0n) is 8.97. The lowest BCUT2D eigenvalue weighted by atomic mass is 10.3. The van der Waals surface area contributed by atoms with Crippen LogP contribution in [0.4, 0.5) is 0 Å². The molecule has 0 unspecified atom stereocenters. The van der Waals surface area contributed by atoms with Gasteiger partial charge in [0.25, 0.3) is 0 Å². The molecule has 0 aliphatic heterocycles. The summed E-state index contributed by atoms with van der Waals surface area (Å²) in [5.74, 6) is 2.05. The molecule has 0 bridgehead atoms. The molecule has 1 aromatic heterocycles. The Balaban J connectivity index is 2.26. The summed E-state index contributed by atoms with van der Waals surface area (Å²) in [5.41, 5.74) is 1.72. The third-order valence-electron chi connectivity index (χ3n) is 1.95. The van der Waals surface area contributed by atoms with Gasteiger partial charge < -0.3 is 14.2 Å². The first-order chi connectivity index (χ1) is 7.81. The molecule has 2 aromatic rings. The van der Waals surface area contributed by atoms with Crippen LogP contribution < -0.4 is 14.2 Å². The Hall–Kier alpha value is -1.75. The van der Waals surface area contributed by atoms with Crippen molar-refractivity contribution in [3.8, 4) is 22.3 Å². The van der Waals surface area contributed by atoms with Crippen LogP contribution in [0.2, 0.25) is 0 Å². The lowest BCUT2D eigenvalue weighted by Gasteiger charge is -2.08. The minimum atomic E-state index is 0.667. The van der Waals surface area contributed by atoms with Crippen molar-refractivity contribution < 1.29 is 14.2 Å². The molecule has 5 heteroatoms. The van der Waals surface area contributed by atoms with Crippen molar-refractivity contribution in [1.82, 2.24) is 4.98 Å². The number of nitrogens with zero attached hydrogens (tertiary/aromatic N) is 1. The molecule has 84 valence electrons. The summed E-state index contributed by atoms with van der Waals surface area (Å²) in [4.78, 5) is 3.93. The molecule has 16 heavy (non-hydrogen) atoms. The molecular weight excluding hydrogens is 226 g/mol. The Morgan fingerprint density at radius 3 is 2.12 bits per heavy atom. The van der Waals surface area contributed by atoms with Gasteiger partial charge in [0.15, 0.2) is 0 Å².